The minimum atomic E-state index is -0.563. The van der Waals surface area contributed by atoms with Crippen LogP contribution in [0.3, 0.4) is 0 Å². The summed E-state index contributed by atoms with van der Waals surface area (Å²) < 4.78 is 0. The zero-order chi connectivity index (χ0) is 7.56. The predicted octanol–water partition coefficient (Wildman–Crippen LogP) is -1.03. The van der Waals surface area contributed by atoms with Gasteiger partial charge < -0.3 is 5.73 Å². The Balaban J connectivity index is 3.07. The highest BCUT2D eigenvalue weighted by Crippen LogP contribution is 1.87. The Kier molecular flexibility index (Phi) is 1.71. The van der Waals surface area contributed by atoms with E-state index in [0.717, 1.165) is 0 Å². The number of carbonyl (C=O) groups excluding carboxylic acids is 1. The van der Waals surface area contributed by atoms with Crippen LogP contribution in [0, 0.1) is 0 Å². The van der Waals surface area contributed by atoms with Crippen LogP contribution in [0.4, 0.5) is 0 Å². The smallest absolute Gasteiger partial charge is 0.267 e. The highest BCUT2D eigenvalue weighted by molar-refractivity contribution is 6.30. The maximum atomic E-state index is 10.5. The highest BCUT2D eigenvalue weighted by atomic mass is 16.1. The van der Waals surface area contributed by atoms with E-state index in [1.54, 1.807) is 12.1 Å². The fourth-order valence-electron chi connectivity index (χ4n) is 0.589. The molecule has 1 rings (SSSR count). The van der Waals surface area contributed by atoms with Gasteiger partial charge in [0.2, 0.25) is 0 Å². The number of amides is 1. The van der Waals surface area contributed by atoms with E-state index in [0.29, 0.717) is 5.59 Å². The van der Waals surface area contributed by atoms with Crippen LogP contribution in [0.25, 0.3) is 0 Å². The lowest BCUT2D eigenvalue weighted by molar-refractivity contribution is 0.0996. The molecule has 0 saturated carbocycles. The predicted molar refractivity (Wildman–Crippen MR) is 38.1 cm³/mol. The Morgan fingerprint density at radius 2 is 2.30 bits per heavy atom. The Bertz CT molecular complexity index is 262. The molecule has 0 spiro atoms. The summed E-state index contributed by atoms with van der Waals surface area (Å²) in [4.78, 5) is 14.1. The molecule has 2 radical (unpaired) electrons. The molecule has 0 bridgehead atoms. The summed E-state index contributed by atoms with van der Waals surface area (Å²) >= 11 is 0. The summed E-state index contributed by atoms with van der Waals surface area (Å²) in [5, 5.41) is 0. The van der Waals surface area contributed by atoms with Crippen molar-refractivity contribution in [3.05, 3.63) is 23.9 Å². The summed E-state index contributed by atoms with van der Waals surface area (Å²) in [7, 11) is 5.28. The number of nitrogens with zero attached hydrogens (tertiary/aromatic N) is 1. The van der Waals surface area contributed by atoms with Gasteiger partial charge in [-0.05, 0) is 11.7 Å². The van der Waals surface area contributed by atoms with Crippen molar-refractivity contribution < 1.29 is 4.79 Å². The van der Waals surface area contributed by atoms with Gasteiger partial charge in [0, 0.05) is 0 Å². The Hall–Kier alpha value is -1.32. The van der Waals surface area contributed by atoms with Crippen molar-refractivity contribution in [1.82, 2.24) is 4.98 Å². The minimum absolute atomic E-state index is 0.194. The van der Waals surface area contributed by atoms with Gasteiger partial charge in [0.05, 0.1) is 0 Å². The molecule has 0 atom stereocenters. The normalized spacial score (nSPS) is 9.20. The summed E-state index contributed by atoms with van der Waals surface area (Å²) in [5.41, 5.74) is 5.42. The number of pyridine rings is 1. The number of rotatable bonds is 1. The molecular weight excluding hydrogens is 127 g/mol. The average molecular weight is 132 g/mol. The molecule has 0 aliphatic heterocycles. The van der Waals surface area contributed by atoms with Crippen molar-refractivity contribution in [3.8, 4) is 0 Å². The Labute approximate surface area is 59.7 Å². The van der Waals surface area contributed by atoms with Crippen LogP contribution >= 0.6 is 0 Å². The summed E-state index contributed by atoms with van der Waals surface area (Å²) in [5.74, 6) is -0.563. The largest absolute Gasteiger partial charge is 0.364 e. The average Bonchev–Trinajstić information content (AvgIpc) is 1.88. The van der Waals surface area contributed by atoms with Gasteiger partial charge >= 0.3 is 0 Å². The second-order valence-electron chi connectivity index (χ2n) is 1.81. The molecule has 0 saturated heterocycles. The summed E-state index contributed by atoms with van der Waals surface area (Å²) in [6.07, 6.45) is 0. The molecule has 2 N–H and O–H groups in total. The Morgan fingerprint density at radius 1 is 1.60 bits per heavy atom. The molecule has 1 aromatic heterocycles. The Morgan fingerprint density at radius 3 is 2.70 bits per heavy atom. The third-order valence-electron chi connectivity index (χ3n) is 1.02. The second kappa shape index (κ2) is 2.52. The molecular formula is C6H5BN2O. The monoisotopic (exact) mass is 132 g/mol. The van der Waals surface area contributed by atoms with E-state index >= 15 is 0 Å². The van der Waals surface area contributed by atoms with E-state index in [4.69, 9.17) is 13.6 Å². The minimum Gasteiger partial charge on any atom is -0.364 e. The number of aromatic nitrogens is 1. The molecule has 0 aliphatic carbocycles. The zero-order valence-electron chi connectivity index (χ0n) is 5.24. The number of nitrogens with two attached hydrogens (primary N) is 1. The van der Waals surface area contributed by atoms with E-state index < -0.39 is 5.91 Å². The maximum absolute atomic E-state index is 10.5. The van der Waals surface area contributed by atoms with Crippen LogP contribution in [-0.4, -0.2) is 18.7 Å². The van der Waals surface area contributed by atoms with Crippen molar-refractivity contribution in [2.24, 2.45) is 5.73 Å². The van der Waals surface area contributed by atoms with Gasteiger partial charge in [-0.1, -0.05) is 12.1 Å². The lowest BCUT2D eigenvalue weighted by Gasteiger charge is -1.94. The molecule has 3 nitrogen and oxygen atoms in total. The number of primary amides is 1. The van der Waals surface area contributed by atoms with E-state index in [9.17, 15) is 4.79 Å². The SMILES string of the molecule is [B]c1cccc(C(N)=O)n1. The van der Waals surface area contributed by atoms with Crippen LogP contribution in [0.5, 0.6) is 0 Å². The van der Waals surface area contributed by atoms with Crippen molar-refractivity contribution in [2.75, 3.05) is 0 Å². The first kappa shape index (κ1) is 6.80. The summed E-state index contributed by atoms with van der Waals surface area (Å²) in [6, 6.07) is 4.73. The first-order valence-electron chi connectivity index (χ1n) is 2.72. The molecule has 1 amide bonds. The lowest BCUT2D eigenvalue weighted by Crippen LogP contribution is -2.18. The van der Waals surface area contributed by atoms with E-state index in [1.165, 1.54) is 6.07 Å². The molecule has 10 heavy (non-hydrogen) atoms. The molecule has 1 heterocycles. The van der Waals surface area contributed by atoms with Gasteiger partial charge in [-0.3, -0.25) is 9.78 Å². The van der Waals surface area contributed by atoms with E-state index in [1.807, 2.05) is 0 Å². The van der Waals surface area contributed by atoms with Crippen molar-refractivity contribution in [1.29, 1.82) is 0 Å². The molecule has 4 heteroatoms. The number of carbonyl (C=O) groups is 1. The molecule has 1 aromatic rings. The van der Waals surface area contributed by atoms with Gasteiger partial charge in [0.15, 0.2) is 0 Å². The zero-order valence-corrected chi connectivity index (χ0v) is 5.24. The van der Waals surface area contributed by atoms with Gasteiger partial charge in [0.25, 0.3) is 5.91 Å². The quantitative estimate of drug-likeness (QED) is 0.497. The van der Waals surface area contributed by atoms with Gasteiger partial charge in [0.1, 0.15) is 13.5 Å². The van der Waals surface area contributed by atoms with Crippen LogP contribution in [0.15, 0.2) is 18.2 Å². The van der Waals surface area contributed by atoms with E-state index in [-0.39, 0.29) is 5.69 Å². The van der Waals surface area contributed by atoms with Crippen molar-refractivity contribution in [3.63, 3.8) is 0 Å². The first-order chi connectivity index (χ1) is 4.70. The molecule has 0 fully saturated rings. The molecule has 48 valence electrons. The number of hydrogen-bond donors (Lipinski definition) is 1. The third kappa shape index (κ3) is 1.34. The molecule has 0 aromatic carbocycles. The maximum Gasteiger partial charge on any atom is 0.267 e. The van der Waals surface area contributed by atoms with Crippen molar-refractivity contribution >= 4 is 19.3 Å². The lowest BCUT2D eigenvalue weighted by atomic mass is 10.0. The standard InChI is InChI=1S/C6H5BN2O/c7-5-3-1-2-4(9-5)6(8)10/h1-3H,(H2,8,10). The third-order valence-corrected chi connectivity index (χ3v) is 1.02. The topological polar surface area (TPSA) is 56.0 Å². The van der Waals surface area contributed by atoms with Crippen LogP contribution in [0.1, 0.15) is 10.5 Å². The van der Waals surface area contributed by atoms with Crippen LogP contribution in [0.2, 0.25) is 0 Å². The van der Waals surface area contributed by atoms with Crippen LogP contribution in [-0.2, 0) is 0 Å². The van der Waals surface area contributed by atoms with Crippen LogP contribution < -0.4 is 11.3 Å². The fraction of sp³-hybridized carbons (Fsp3) is 0. The van der Waals surface area contributed by atoms with Gasteiger partial charge in [-0.25, -0.2) is 0 Å². The van der Waals surface area contributed by atoms with Gasteiger partial charge in [-0.15, -0.1) is 0 Å². The van der Waals surface area contributed by atoms with E-state index in [2.05, 4.69) is 4.98 Å². The first-order valence-corrected chi connectivity index (χ1v) is 2.72. The number of hydrogen-bond acceptors (Lipinski definition) is 2. The van der Waals surface area contributed by atoms with Gasteiger partial charge in [-0.2, -0.15) is 0 Å². The highest BCUT2D eigenvalue weighted by Gasteiger charge is 1.98. The fourth-order valence-corrected chi connectivity index (χ4v) is 0.589. The summed E-state index contributed by atoms with van der Waals surface area (Å²) in [6.45, 7) is 0. The second-order valence-corrected chi connectivity index (χ2v) is 1.81. The van der Waals surface area contributed by atoms with Crippen molar-refractivity contribution in [2.45, 2.75) is 0 Å². The molecule has 0 unspecified atom stereocenters. The molecule has 0 aliphatic rings.